The molecule has 2 rings (SSSR count). The van der Waals surface area contributed by atoms with E-state index in [4.69, 9.17) is 9.47 Å². The lowest BCUT2D eigenvalue weighted by atomic mass is 9.86. The first-order chi connectivity index (χ1) is 8.87. The van der Waals surface area contributed by atoms with E-state index >= 15 is 0 Å². The maximum absolute atomic E-state index is 10.7. The molecule has 0 aromatic rings. The largest absolute Gasteiger partial charge is 0.347 e. The summed E-state index contributed by atoms with van der Waals surface area (Å²) in [5.74, 6) is 0.0451. The molecular weight excluding hydrogens is 228 g/mol. The highest BCUT2D eigenvalue weighted by Gasteiger charge is 2.43. The smallest absolute Gasteiger partial charge is 0.171 e. The van der Waals surface area contributed by atoms with E-state index in [-0.39, 0.29) is 0 Å². The molecule has 1 aliphatic heterocycles. The topological polar surface area (TPSA) is 35.5 Å². The molecule has 3 heteroatoms. The number of ether oxygens (including phenoxy) is 2. The van der Waals surface area contributed by atoms with Crippen LogP contribution >= 0.6 is 0 Å². The molecule has 0 unspecified atom stereocenters. The molecule has 0 radical (unpaired) electrons. The molecular formula is C15H26O3. The summed E-state index contributed by atoms with van der Waals surface area (Å²) in [4.78, 5) is 10.7. The molecule has 18 heavy (non-hydrogen) atoms. The van der Waals surface area contributed by atoms with E-state index in [0.717, 1.165) is 12.7 Å². The predicted octanol–water partition coefficient (Wildman–Crippen LogP) is 3.46. The second kappa shape index (κ2) is 7.25. The molecule has 3 nitrogen and oxygen atoms in total. The van der Waals surface area contributed by atoms with Crippen molar-refractivity contribution < 1.29 is 14.3 Å². The number of rotatable bonds is 4. The summed E-state index contributed by atoms with van der Waals surface area (Å²) < 4.78 is 11.9. The lowest BCUT2D eigenvalue weighted by molar-refractivity contribution is -0.204. The Morgan fingerprint density at radius 2 is 1.50 bits per heavy atom. The third-order valence-electron chi connectivity index (χ3n) is 4.36. The molecule has 0 aromatic carbocycles. The van der Waals surface area contributed by atoms with Crippen LogP contribution in [0.1, 0.15) is 64.2 Å². The number of carbonyl (C=O) groups is 1. The van der Waals surface area contributed by atoms with E-state index < -0.39 is 5.79 Å². The van der Waals surface area contributed by atoms with Crippen LogP contribution in [0.2, 0.25) is 0 Å². The fourth-order valence-electron chi connectivity index (χ4n) is 3.39. The standard InChI is InChI=1S/C15H26O3/c16-11-7-10-15(17-12-13-18-15)14-8-5-3-1-2-4-6-9-14/h11,14H,1-10,12-13H2. The second-order valence-electron chi connectivity index (χ2n) is 5.61. The lowest BCUT2D eigenvalue weighted by Gasteiger charge is -2.35. The molecule has 1 aliphatic carbocycles. The quantitative estimate of drug-likeness (QED) is 0.721. The van der Waals surface area contributed by atoms with Crippen LogP contribution in [0.3, 0.4) is 0 Å². The van der Waals surface area contributed by atoms with Gasteiger partial charge < -0.3 is 14.3 Å². The molecule has 2 fully saturated rings. The van der Waals surface area contributed by atoms with Gasteiger partial charge in [0, 0.05) is 18.8 Å². The molecule has 0 N–H and O–H groups in total. The van der Waals surface area contributed by atoms with Crippen LogP contribution in [-0.2, 0) is 14.3 Å². The van der Waals surface area contributed by atoms with Gasteiger partial charge in [0.25, 0.3) is 0 Å². The van der Waals surface area contributed by atoms with Crippen LogP contribution in [0.25, 0.3) is 0 Å². The van der Waals surface area contributed by atoms with Gasteiger partial charge >= 0.3 is 0 Å². The van der Waals surface area contributed by atoms with Crippen LogP contribution < -0.4 is 0 Å². The monoisotopic (exact) mass is 254 g/mol. The summed E-state index contributed by atoms with van der Waals surface area (Å²) >= 11 is 0. The zero-order valence-electron chi connectivity index (χ0n) is 11.4. The van der Waals surface area contributed by atoms with Gasteiger partial charge in [-0.25, -0.2) is 0 Å². The fourth-order valence-corrected chi connectivity index (χ4v) is 3.39. The van der Waals surface area contributed by atoms with E-state index in [1.807, 2.05) is 0 Å². The summed E-state index contributed by atoms with van der Waals surface area (Å²) in [5.41, 5.74) is 0. The van der Waals surface area contributed by atoms with Gasteiger partial charge in [0.1, 0.15) is 6.29 Å². The first-order valence-corrected chi connectivity index (χ1v) is 7.59. The van der Waals surface area contributed by atoms with Crippen molar-refractivity contribution in [3.05, 3.63) is 0 Å². The average Bonchev–Trinajstić information content (AvgIpc) is 2.90. The summed E-state index contributed by atoms with van der Waals surface area (Å²) in [5, 5.41) is 0. The summed E-state index contributed by atoms with van der Waals surface area (Å²) in [6.45, 7) is 1.38. The van der Waals surface area contributed by atoms with Crippen molar-refractivity contribution in [3.63, 3.8) is 0 Å². The molecule has 0 bridgehead atoms. The molecule has 2 aliphatic rings. The second-order valence-corrected chi connectivity index (χ2v) is 5.61. The molecule has 0 atom stereocenters. The van der Waals surface area contributed by atoms with E-state index in [9.17, 15) is 4.79 Å². The number of hydrogen-bond acceptors (Lipinski definition) is 3. The Morgan fingerprint density at radius 3 is 2.06 bits per heavy atom. The van der Waals surface area contributed by atoms with Crippen molar-refractivity contribution in [3.8, 4) is 0 Å². The number of aldehydes is 1. The van der Waals surface area contributed by atoms with Crippen molar-refractivity contribution >= 4 is 6.29 Å². The Morgan fingerprint density at radius 1 is 0.944 bits per heavy atom. The Balaban J connectivity index is 1.99. The zero-order valence-corrected chi connectivity index (χ0v) is 11.4. The van der Waals surface area contributed by atoms with E-state index in [1.165, 1.54) is 51.4 Å². The Labute approximate surface area is 110 Å². The summed E-state index contributed by atoms with van der Waals surface area (Å²) in [6.07, 6.45) is 12.6. The van der Waals surface area contributed by atoms with Crippen molar-refractivity contribution in [2.45, 2.75) is 70.0 Å². The van der Waals surface area contributed by atoms with Gasteiger partial charge in [0.05, 0.1) is 13.2 Å². The van der Waals surface area contributed by atoms with E-state index in [0.29, 0.717) is 25.6 Å². The van der Waals surface area contributed by atoms with Gasteiger partial charge in [0.15, 0.2) is 5.79 Å². The summed E-state index contributed by atoms with van der Waals surface area (Å²) in [7, 11) is 0. The Kier molecular flexibility index (Phi) is 5.64. The van der Waals surface area contributed by atoms with Crippen molar-refractivity contribution in [2.75, 3.05) is 13.2 Å². The van der Waals surface area contributed by atoms with Gasteiger partial charge in [-0.1, -0.05) is 38.5 Å². The minimum Gasteiger partial charge on any atom is -0.347 e. The highest BCUT2D eigenvalue weighted by molar-refractivity contribution is 5.49. The van der Waals surface area contributed by atoms with Gasteiger partial charge in [0.2, 0.25) is 0 Å². The Bertz CT molecular complexity index is 236. The van der Waals surface area contributed by atoms with Crippen LogP contribution in [-0.4, -0.2) is 25.3 Å². The third kappa shape index (κ3) is 3.55. The fraction of sp³-hybridized carbons (Fsp3) is 0.933. The SMILES string of the molecule is O=CCCC1(C2CCCCCCCC2)OCCO1. The molecule has 0 aromatic heterocycles. The van der Waals surface area contributed by atoms with Gasteiger partial charge in [-0.15, -0.1) is 0 Å². The molecule has 1 saturated carbocycles. The highest BCUT2D eigenvalue weighted by Crippen LogP contribution is 2.39. The minimum absolute atomic E-state index is 0.439. The maximum atomic E-state index is 10.7. The Hall–Kier alpha value is -0.410. The highest BCUT2D eigenvalue weighted by atomic mass is 16.7. The average molecular weight is 254 g/mol. The maximum Gasteiger partial charge on any atom is 0.171 e. The molecule has 0 spiro atoms. The normalized spacial score (nSPS) is 26.2. The molecule has 1 heterocycles. The van der Waals surface area contributed by atoms with E-state index in [1.54, 1.807) is 0 Å². The van der Waals surface area contributed by atoms with E-state index in [2.05, 4.69) is 0 Å². The minimum atomic E-state index is -0.439. The first kappa shape index (κ1) is 14.0. The van der Waals surface area contributed by atoms with Crippen molar-refractivity contribution in [1.29, 1.82) is 0 Å². The van der Waals surface area contributed by atoms with Gasteiger partial charge in [-0.05, 0) is 12.8 Å². The zero-order chi connectivity index (χ0) is 12.7. The number of hydrogen-bond donors (Lipinski definition) is 0. The molecule has 0 amide bonds. The molecule has 104 valence electrons. The third-order valence-corrected chi connectivity index (χ3v) is 4.36. The van der Waals surface area contributed by atoms with Crippen LogP contribution in [0.4, 0.5) is 0 Å². The first-order valence-electron chi connectivity index (χ1n) is 7.59. The van der Waals surface area contributed by atoms with Crippen LogP contribution in [0.15, 0.2) is 0 Å². The van der Waals surface area contributed by atoms with Crippen molar-refractivity contribution in [1.82, 2.24) is 0 Å². The van der Waals surface area contributed by atoms with Gasteiger partial charge in [-0.3, -0.25) is 0 Å². The lowest BCUT2D eigenvalue weighted by Crippen LogP contribution is -2.39. The predicted molar refractivity (Wildman–Crippen MR) is 70.4 cm³/mol. The number of carbonyl (C=O) groups excluding carboxylic acids is 1. The van der Waals surface area contributed by atoms with Gasteiger partial charge in [-0.2, -0.15) is 0 Å². The van der Waals surface area contributed by atoms with Crippen LogP contribution in [0.5, 0.6) is 0 Å². The van der Waals surface area contributed by atoms with Crippen LogP contribution in [0, 0.1) is 5.92 Å². The summed E-state index contributed by atoms with van der Waals surface area (Å²) in [6, 6.07) is 0. The van der Waals surface area contributed by atoms with Crippen molar-refractivity contribution in [2.24, 2.45) is 5.92 Å². The molecule has 1 saturated heterocycles.